The molecule has 0 spiro atoms. The number of carbonyl (C=O) groups excluding carboxylic acids is 1. The van der Waals surface area contributed by atoms with Crippen LogP contribution >= 0.6 is 15.9 Å². The van der Waals surface area contributed by atoms with E-state index in [-0.39, 0.29) is 17.1 Å². The van der Waals surface area contributed by atoms with Gasteiger partial charge in [0.2, 0.25) is 0 Å². The summed E-state index contributed by atoms with van der Waals surface area (Å²) in [6.45, 7) is 1.74. The summed E-state index contributed by atoms with van der Waals surface area (Å²) in [5.41, 5.74) is 3.47. The summed E-state index contributed by atoms with van der Waals surface area (Å²) in [6, 6.07) is 17.8. The summed E-state index contributed by atoms with van der Waals surface area (Å²) in [4.78, 5) is 25.8. The van der Waals surface area contributed by atoms with Crippen molar-refractivity contribution in [2.45, 2.75) is 12.8 Å². The van der Waals surface area contributed by atoms with Gasteiger partial charge in [0.05, 0.1) is 16.5 Å². The lowest BCUT2D eigenvalue weighted by Crippen LogP contribution is -2.18. The van der Waals surface area contributed by atoms with Crippen molar-refractivity contribution in [1.82, 2.24) is 0 Å². The monoisotopic (exact) mass is 486 g/mol. The van der Waals surface area contributed by atoms with Gasteiger partial charge in [-0.05, 0) is 30.2 Å². The number of halogens is 1. The Labute approximate surface area is 190 Å². The van der Waals surface area contributed by atoms with Crippen LogP contribution in [0.1, 0.15) is 38.5 Å². The normalized spacial score (nSPS) is 16.6. The van der Waals surface area contributed by atoms with Crippen molar-refractivity contribution in [3.05, 3.63) is 109 Å². The number of phenols is 1. The van der Waals surface area contributed by atoms with E-state index in [0.29, 0.717) is 44.7 Å². The number of allylic oxidation sites excluding steroid dienone is 1. The van der Waals surface area contributed by atoms with Gasteiger partial charge in [0.25, 0.3) is 0 Å². The molecule has 1 unspecified atom stereocenters. The van der Waals surface area contributed by atoms with Gasteiger partial charge >= 0.3 is 5.63 Å². The van der Waals surface area contributed by atoms with E-state index in [2.05, 4.69) is 15.9 Å². The van der Waals surface area contributed by atoms with Crippen molar-refractivity contribution in [3.8, 4) is 11.5 Å². The molecule has 32 heavy (non-hydrogen) atoms. The molecule has 1 aliphatic heterocycles. The van der Waals surface area contributed by atoms with E-state index in [0.717, 1.165) is 10.0 Å². The Hall–Kier alpha value is -3.64. The van der Waals surface area contributed by atoms with E-state index in [9.17, 15) is 14.7 Å². The summed E-state index contributed by atoms with van der Waals surface area (Å²) in [5.74, 6) is 0.135. The van der Waals surface area contributed by atoms with Gasteiger partial charge in [-0.15, -0.1) is 0 Å². The molecule has 156 valence electrons. The Balaban J connectivity index is 1.74. The van der Waals surface area contributed by atoms with E-state index in [4.69, 9.17) is 9.15 Å². The second kappa shape index (κ2) is 6.68. The van der Waals surface area contributed by atoms with Gasteiger partial charge in [0.1, 0.15) is 22.8 Å². The second-order valence-corrected chi connectivity index (χ2v) is 8.88. The molecule has 0 saturated carbocycles. The van der Waals surface area contributed by atoms with Crippen LogP contribution in [0.4, 0.5) is 0 Å². The van der Waals surface area contributed by atoms with Crippen molar-refractivity contribution < 1.29 is 19.1 Å². The van der Waals surface area contributed by atoms with Crippen molar-refractivity contribution in [2.24, 2.45) is 0 Å². The van der Waals surface area contributed by atoms with Crippen LogP contribution in [0.3, 0.4) is 0 Å². The summed E-state index contributed by atoms with van der Waals surface area (Å²) in [5, 5.41) is 11.2. The maximum atomic E-state index is 13.5. The van der Waals surface area contributed by atoms with E-state index in [1.165, 1.54) is 12.1 Å². The third-order valence-corrected chi connectivity index (χ3v) is 6.62. The molecule has 1 N–H and O–H groups in total. The molecule has 2 heterocycles. The predicted molar refractivity (Wildman–Crippen MR) is 123 cm³/mol. The van der Waals surface area contributed by atoms with E-state index >= 15 is 0 Å². The molecule has 0 bridgehead atoms. The Morgan fingerprint density at radius 1 is 0.969 bits per heavy atom. The maximum Gasteiger partial charge on any atom is 0.336 e. The van der Waals surface area contributed by atoms with Crippen LogP contribution in [0.5, 0.6) is 11.5 Å². The molecule has 2 aliphatic rings. The number of hydrogen-bond acceptors (Lipinski definition) is 5. The summed E-state index contributed by atoms with van der Waals surface area (Å²) < 4.78 is 12.7. The number of carbonyl (C=O) groups is 1. The summed E-state index contributed by atoms with van der Waals surface area (Å²) in [7, 11) is 0. The minimum atomic E-state index is -0.533. The summed E-state index contributed by atoms with van der Waals surface area (Å²) >= 11 is 3.46. The third kappa shape index (κ3) is 2.56. The molecule has 0 radical (unpaired) electrons. The van der Waals surface area contributed by atoms with Crippen molar-refractivity contribution in [3.63, 3.8) is 0 Å². The lowest BCUT2D eigenvalue weighted by molar-refractivity contribution is 0.103. The number of fused-ring (bicyclic) bond motifs is 5. The molecule has 6 heteroatoms. The zero-order valence-corrected chi connectivity index (χ0v) is 18.4. The highest BCUT2D eigenvalue weighted by molar-refractivity contribution is 9.10. The summed E-state index contributed by atoms with van der Waals surface area (Å²) in [6.07, 6.45) is 0. The van der Waals surface area contributed by atoms with Crippen molar-refractivity contribution in [2.75, 3.05) is 0 Å². The van der Waals surface area contributed by atoms with Crippen LogP contribution in [0.15, 0.2) is 79.9 Å². The number of aromatic hydroxyl groups is 1. The van der Waals surface area contributed by atoms with Gasteiger partial charge in [-0.3, -0.25) is 4.79 Å². The molecule has 0 fully saturated rings. The first kappa shape index (κ1) is 19.1. The fourth-order valence-electron chi connectivity index (χ4n) is 4.75. The number of Topliss-reactive ketones (excluding diaryl/α,β-unsaturated/α-hetero) is 1. The quantitative estimate of drug-likeness (QED) is 0.349. The predicted octanol–water partition coefficient (Wildman–Crippen LogP) is 5.70. The number of aryl methyl sites for hydroxylation is 1. The smallest absolute Gasteiger partial charge is 0.336 e. The van der Waals surface area contributed by atoms with Crippen LogP contribution in [0.2, 0.25) is 0 Å². The first-order valence-electron chi connectivity index (χ1n) is 10.1. The number of hydrogen-bond donors (Lipinski definition) is 1. The number of ketones is 1. The minimum Gasteiger partial charge on any atom is -0.507 e. The molecule has 6 rings (SSSR count). The fourth-order valence-corrected chi connectivity index (χ4v) is 5.01. The van der Waals surface area contributed by atoms with Crippen molar-refractivity contribution >= 4 is 38.4 Å². The van der Waals surface area contributed by atoms with Crippen LogP contribution in [-0.2, 0) is 0 Å². The molecule has 5 nitrogen and oxygen atoms in total. The SMILES string of the molecule is Cc1cc(=O)oc2c3c(cc(O)c12)OC1=C(C(=O)c2ccccc21)C3c1ccc(Br)cc1. The number of rotatable bonds is 1. The Morgan fingerprint density at radius 3 is 2.44 bits per heavy atom. The Bertz CT molecular complexity index is 1560. The van der Waals surface area contributed by atoms with E-state index in [1.807, 2.05) is 42.5 Å². The third-order valence-electron chi connectivity index (χ3n) is 6.09. The van der Waals surface area contributed by atoms with Crippen LogP contribution in [0, 0.1) is 6.92 Å². The molecule has 0 amide bonds. The average molecular weight is 487 g/mol. The van der Waals surface area contributed by atoms with Crippen molar-refractivity contribution in [1.29, 1.82) is 0 Å². The van der Waals surface area contributed by atoms with Gasteiger partial charge in [-0.1, -0.05) is 52.3 Å². The van der Waals surface area contributed by atoms with Gasteiger partial charge < -0.3 is 14.3 Å². The molecule has 0 saturated heterocycles. The second-order valence-electron chi connectivity index (χ2n) is 7.96. The molecule has 1 aromatic heterocycles. The maximum absolute atomic E-state index is 13.5. The lowest BCUT2D eigenvalue weighted by Gasteiger charge is -2.28. The molecule has 3 aromatic carbocycles. The minimum absolute atomic E-state index is 0.0452. The molecular formula is C26H15BrO5. The highest BCUT2D eigenvalue weighted by Crippen LogP contribution is 2.53. The fraction of sp³-hybridized carbons (Fsp3) is 0.0769. The van der Waals surface area contributed by atoms with Gasteiger partial charge in [-0.2, -0.15) is 0 Å². The largest absolute Gasteiger partial charge is 0.507 e. The van der Waals surface area contributed by atoms with Crippen LogP contribution < -0.4 is 10.4 Å². The van der Waals surface area contributed by atoms with Gasteiger partial charge in [0.15, 0.2) is 5.78 Å². The van der Waals surface area contributed by atoms with Crippen LogP contribution in [-0.4, -0.2) is 10.9 Å². The Morgan fingerprint density at radius 2 is 1.69 bits per heavy atom. The van der Waals surface area contributed by atoms with E-state index < -0.39 is 11.5 Å². The first-order chi connectivity index (χ1) is 15.4. The van der Waals surface area contributed by atoms with Gasteiger partial charge in [-0.25, -0.2) is 4.79 Å². The average Bonchev–Trinajstić information content (AvgIpc) is 3.04. The zero-order chi connectivity index (χ0) is 22.1. The molecule has 4 aromatic rings. The standard InChI is InChI=1S/C26H15BrO5/c1-12-10-19(29)32-26-20(12)17(28)11-18-22(26)21(13-6-8-14(27)9-7-13)23-24(30)15-4-2-3-5-16(15)25(23)31-18/h2-11,21,28H,1H3. The van der Waals surface area contributed by atoms with Gasteiger partial charge in [0, 0.05) is 33.7 Å². The lowest BCUT2D eigenvalue weighted by atomic mass is 9.80. The number of ether oxygens (including phenoxy) is 1. The molecule has 1 atom stereocenters. The zero-order valence-electron chi connectivity index (χ0n) is 16.8. The highest BCUT2D eigenvalue weighted by Gasteiger charge is 2.43. The van der Waals surface area contributed by atoms with E-state index in [1.54, 1.807) is 13.0 Å². The molecular weight excluding hydrogens is 472 g/mol. The molecule has 1 aliphatic carbocycles. The van der Waals surface area contributed by atoms with Crippen LogP contribution in [0.25, 0.3) is 16.7 Å². The Kier molecular flexibility index (Phi) is 3.98. The first-order valence-corrected chi connectivity index (χ1v) is 10.8. The highest BCUT2D eigenvalue weighted by atomic mass is 79.9. The topological polar surface area (TPSA) is 76.7 Å². The number of benzene rings is 3. The number of phenolic OH excluding ortho intramolecular Hbond substituents is 1.